The number of methoxy groups -OCH3 is 1. The number of carboxylic acid groups (broad SMARTS) is 1. The summed E-state index contributed by atoms with van der Waals surface area (Å²) < 4.78 is 17.7. The maximum atomic E-state index is 13.1. The van der Waals surface area contributed by atoms with Gasteiger partial charge in [0.2, 0.25) is 5.91 Å². The fraction of sp³-hybridized carbons (Fsp3) is 0.556. The highest BCUT2D eigenvalue weighted by molar-refractivity contribution is 5.80. The van der Waals surface area contributed by atoms with Crippen molar-refractivity contribution in [3.8, 4) is 0 Å². The Morgan fingerprint density at radius 3 is 2.38 bits per heavy atom. The molecule has 262 valence electrons. The van der Waals surface area contributed by atoms with Gasteiger partial charge in [-0.15, -0.1) is 0 Å². The minimum atomic E-state index is -1.98. The molecule has 2 aliphatic heterocycles. The Balaban J connectivity index is 1.97. The summed E-state index contributed by atoms with van der Waals surface area (Å²) in [6, 6.07) is 0. The molecule has 2 heterocycles. The zero-order chi connectivity index (χ0) is 35.2. The van der Waals surface area contributed by atoms with Gasteiger partial charge >= 0.3 is 5.97 Å². The van der Waals surface area contributed by atoms with Crippen molar-refractivity contribution in [2.24, 2.45) is 11.8 Å². The van der Waals surface area contributed by atoms with Crippen molar-refractivity contribution in [2.75, 3.05) is 13.7 Å². The number of carbonyl (C=O) groups excluding carboxylic acids is 1. The topological polar surface area (TPSA) is 175 Å². The van der Waals surface area contributed by atoms with Crippen molar-refractivity contribution in [2.45, 2.75) is 102 Å². The molecular formula is C36H53NO10. The van der Waals surface area contributed by atoms with Gasteiger partial charge in [-0.1, -0.05) is 92.3 Å². The first kappa shape index (κ1) is 40.0. The van der Waals surface area contributed by atoms with Gasteiger partial charge in [0, 0.05) is 38.5 Å². The molecule has 0 bridgehead atoms. The van der Waals surface area contributed by atoms with E-state index < -0.39 is 53.6 Å². The number of hydrogen-bond acceptors (Lipinski definition) is 9. The number of rotatable bonds is 16. The van der Waals surface area contributed by atoms with Crippen LogP contribution in [0, 0.1) is 11.8 Å². The Hall–Kier alpha value is -3.16. The lowest BCUT2D eigenvalue weighted by atomic mass is 9.79. The summed E-state index contributed by atoms with van der Waals surface area (Å²) in [5.41, 5.74) is -0.762. The van der Waals surface area contributed by atoms with Crippen LogP contribution >= 0.6 is 0 Å². The van der Waals surface area contributed by atoms with Gasteiger partial charge in [-0.25, -0.2) is 4.79 Å². The van der Waals surface area contributed by atoms with Gasteiger partial charge in [0.15, 0.2) is 5.79 Å². The van der Waals surface area contributed by atoms with E-state index in [0.29, 0.717) is 6.42 Å². The maximum absolute atomic E-state index is 13.1. The lowest BCUT2D eigenvalue weighted by Crippen LogP contribution is -2.64. The third-order valence-electron chi connectivity index (χ3n) is 8.56. The van der Waals surface area contributed by atoms with Gasteiger partial charge in [0.05, 0.1) is 30.3 Å². The van der Waals surface area contributed by atoms with E-state index >= 15 is 0 Å². The first-order chi connectivity index (χ1) is 22.2. The lowest BCUT2D eigenvalue weighted by molar-refractivity contribution is -0.329. The summed E-state index contributed by atoms with van der Waals surface area (Å²) in [6.45, 7) is 9.08. The Kier molecular flexibility index (Phi) is 16.2. The fourth-order valence-electron chi connectivity index (χ4n) is 5.66. The first-order valence-corrected chi connectivity index (χ1v) is 16.0. The molecule has 0 aromatic carbocycles. The van der Waals surface area contributed by atoms with Crippen LogP contribution in [0.15, 0.2) is 84.6 Å². The smallest absolute Gasteiger partial charge is 0.328 e. The number of aliphatic carboxylic acids is 1. The van der Waals surface area contributed by atoms with Crippen LogP contribution in [-0.4, -0.2) is 99.1 Å². The molecule has 2 fully saturated rings. The van der Waals surface area contributed by atoms with Crippen molar-refractivity contribution in [1.29, 1.82) is 0 Å². The van der Waals surface area contributed by atoms with Crippen LogP contribution in [0.3, 0.4) is 0 Å². The van der Waals surface area contributed by atoms with Gasteiger partial charge in [-0.2, -0.15) is 0 Å². The van der Waals surface area contributed by atoms with Crippen LogP contribution in [-0.2, 0) is 23.8 Å². The number of carbonyl (C=O) groups is 2. The first-order valence-electron chi connectivity index (χ1n) is 16.0. The minimum Gasteiger partial charge on any atom is -0.478 e. The van der Waals surface area contributed by atoms with E-state index in [1.165, 1.54) is 13.0 Å². The van der Waals surface area contributed by atoms with Crippen molar-refractivity contribution < 1.29 is 49.3 Å². The molecule has 10 atom stereocenters. The van der Waals surface area contributed by atoms with E-state index in [-0.39, 0.29) is 37.5 Å². The van der Waals surface area contributed by atoms with Crippen molar-refractivity contribution in [1.82, 2.24) is 5.32 Å². The monoisotopic (exact) mass is 659 g/mol. The number of ether oxygens (including phenoxy) is 3. The van der Waals surface area contributed by atoms with Gasteiger partial charge < -0.3 is 45.1 Å². The number of aliphatic hydroxyl groups excluding tert-OH is 2. The van der Waals surface area contributed by atoms with Gasteiger partial charge in [0.25, 0.3) is 0 Å². The van der Waals surface area contributed by atoms with Gasteiger partial charge in [0.1, 0.15) is 17.8 Å². The average molecular weight is 660 g/mol. The average Bonchev–Trinajstić information content (AvgIpc) is 3.38. The molecule has 2 aliphatic rings. The molecular weight excluding hydrogens is 606 g/mol. The molecule has 0 aliphatic carbocycles. The highest BCUT2D eigenvalue weighted by Crippen LogP contribution is 2.40. The molecule has 0 spiro atoms. The van der Waals surface area contributed by atoms with E-state index in [1.807, 2.05) is 32.9 Å². The summed E-state index contributed by atoms with van der Waals surface area (Å²) in [7, 11) is 1.60. The quantitative estimate of drug-likeness (QED) is 0.107. The molecule has 0 saturated carbocycles. The SMILES string of the molecule is CC=CC=CC1OC(O)(C(CC)C(=O)NCC=CC(C)=CC(OC)C(C)C2CC(O)C(C=CC=CC=CC(=O)O)O2)CC(O)C1(C)O. The predicted molar refractivity (Wildman–Crippen MR) is 179 cm³/mol. The van der Waals surface area contributed by atoms with Crippen molar-refractivity contribution in [3.63, 3.8) is 0 Å². The second kappa shape index (κ2) is 19.0. The van der Waals surface area contributed by atoms with Gasteiger partial charge in [-0.05, 0) is 27.2 Å². The Morgan fingerprint density at radius 2 is 1.74 bits per heavy atom. The third-order valence-corrected chi connectivity index (χ3v) is 8.56. The molecule has 0 aromatic rings. The minimum absolute atomic E-state index is 0.0838. The standard InChI is InChI=1S/C36H53NO10/c1-7-9-12-18-32-35(5,43)31(39)23-36(44,47-32)26(8-2)34(42)37-20-15-16-24(3)21-29(45-6)25(4)30-22-27(38)28(46-30)17-13-10-11-14-19-33(40)41/h7,9-19,21,25-32,38-39,43-44H,8,20,22-23H2,1-6H3,(H,37,42)(H,40,41). The molecule has 0 aromatic heterocycles. The zero-order valence-corrected chi connectivity index (χ0v) is 28.2. The number of aliphatic hydroxyl groups is 4. The van der Waals surface area contributed by atoms with Crippen molar-refractivity contribution >= 4 is 11.9 Å². The Labute approximate surface area is 278 Å². The van der Waals surface area contributed by atoms with E-state index in [0.717, 1.165) is 11.6 Å². The fourth-order valence-corrected chi connectivity index (χ4v) is 5.66. The normalized spacial score (nSPS) is 32.8. The molecule has 6 N–H and O–H groups in total. The molecule has 0 radical (unpaired) electrons. The molecule has 47 heavy (non-hydrogen) atoms. The highest BCUT2D eigenvalue weighted by Gasteiger charge is 2.55. The van der Waals surface area contributed by atoms with Crippen molar-refractivity contribution in [3.05, 3.63) is 84.6 Å². The second-order valence-electron chi connectivity index (χ2n) is 12.2. The number of amides is 1. The Bertz CT molecular complexity index is 1230. The Morgan fingerprint density at radius 1 is 1.06 bits per heavy atom. The highest BCUT2D eigenvalue weighted by atomic mass is 16.6. The van der Waals surface area contributed by atoms with E-state index in [9.17, 15) is 30.0 Å². The lowest BCUT2D eigenvalue weighted by Gasteiger charge is -2.49. The van der Waals surface area contributed by atoms with Crippen LogP contribution in [0.5, 0.6) is 0 Å². The maximum Gasteiger partial charge on any atom is 0.328 e. The van der Waals surface area contributed by atoms with Crippen LogP contribution in [0.1, 0.15) is 53.9 Å². The molecule has 2 rings (SSSR count). The van der Waals surface area contributed by atoms with Crippen LogP contribution in [0.25, 0.3) is 0 Å². The molecule has 10 unspecified atom stereocenters. The number of nitrogens with one attached hydrogen (secondary N) is 1. The van der Waals surface area contributed by atoms with Crippen LogP contribution in [0.2, 0.25) is 0 Å². The van der Waals surface area contributed by atoms with Gasteiger partial charge in [-0.3, -0.25) is 4.79 Å². The predicted octanol–water partition coefficient (Wildman–Crippen LogP) is 3.28. The summed E-state index contributed by atoms with van der Waals surface area (Å²) >= 11 is 0. The van der Waals surface area contributed by atoms with E-state index in [4.69, 9.17) is 19.3 Å². The summed E-state index contributed by atoms with van der Waals surface area (Å²) in [5.74, 6) is -4.52. The summed E-state index contributed by atoms with van der Waals surface area (Å²) in [6.07, 6.45) is 17.6. The number of carboxylic acids is 1. The van der Waals surface area contributed by atoms with Crippen LogP contribution in [0.4, 0.5) is 0 Å². The summed E-state index contributed by atoms with van der Waals surface area (Å²) in [5, 5.41) is 54.8. The third kappa shape index (κ3) is 11.8. The molecule has 11 heteroatoms. The molecule has 2 saturated heterocycles. The zero-order valence-electron chi connectivity index (χ0n) is 28.2. The number of allylic oxidation sites excluding steroid dienone is 9. The van der Waals surface area contributed by atoms with E-state index in [2.05, 4.69) is 5.32 Å². The molecule has 1 amide bonds. The number of hydrogen-bond donors (Lipinski definition) is 6. The van der Waals surface area contributed by atoms with Crippen LogP contribution < -0.4 is 5.32 Å². The summed E-state index contributed by atoms with van der Waals surface area (Å²) in [4.78, 5) is 23.7. The van der Waals surface area contributed by atoms with E-state index in [1.54, 1.807) is 68.7 Å². The largest absolute Gasteiger partial charge is 0.478 e. The molecule has 11 nitrogen and oxygen atoms in total. The second-order valence-corrected chi connectivity index (χ2v) is 12.2.